The van der Waals surface area contributed by atoms with Crippen molar-refractivity contribution in [3.8, 4) is 0 Å². The highest BCUT2D eigenvalue weighted by atomic mass is 35.5. The lowest BCUT2D eigenvalue weighted by molar-refractivity contribution is -0.134. The number of likely N-dealkylation sites (N-methyl/N-ethyl adjacent to an activating group) is 1. The molecule has 2 N–H and O–H groups in total. The molecule has 5 nitrogen and oxygen atoms in total. The van der Waals surface area contributed by atoms with Crippen LogP contribution in [0.5, 0.6) is 0 Å². The minimum absolute atomic E-state index is 0.125. The van der Waals surface area contributed by atoms with Crippen molar-refractivity contribution in [1.82, 2.24) is 20.7 Å². The summed E-state index contributed by atoms with van der Waals surface area (Å²) >= 11 is 5.91. The van der Waals surface area contributed by atoms with E-state index in [-0.39, 0.29) is 11.9 Å². The zero-order valence-electron chi connectivity index (χ0n) is 12.6. The molecule has 0 bridgehead atoms. The van der Waals surface area contributed by atoms with Crippen LogP contribution in [0.25, 0.3) is 0 Å². The van der Waals surface area contributed by atoms with E-state index >= 15 is 0 Å². The van der Waals surface area contributed by atoms with Gasteiger partial charge in [0, 0.05) is 31.2 Å². The number of carbonyl (C=O) groups excluding carboxylic acids is 1. The first kappa shape index (κ1) is 16.2. The van der Waals surface area contributed by atoms with Crippen molar-refractivity contribution in [3.05, 3.63) is 34.9 Å². The van der Waals surface area contributed by atoms with Crippen LogP contribution in [0.15, 0.2) is 24.3 Å². The Morgan fingerprint density at radius 2 is 2.00 bits per heavy atom. The van der Waals surface area contributed by atoms with E-state index < -0.39 is 0 Å². The fraction of sp³-hybridized carbons (Fsp3) is 0.533. The maximum Gasteiger partial charge on any atom is 0.241 e. The highest BCUT2D eigenvalue weighted by Gasteiger charge is 2.26. The summed E-state index contributed by atoms with van der Waals surface area (Å²) in [7, 11) is 4.03. The SMILES string of the molecule is CN(C)CCN(Cc1ccc(Cl)cc1)C(=O)C1CCNN1. The van der Waals surface area contributed by atoms with Crippen LogP contribution in [-0.2, 0) is 11.3 Å². The Balaban J connectivity index is 2.03. The molecule has 0 spiro atoms. The first-order valence-corrected chi connectivity index (χ1v) is 7.60. The monoisotopic (exact) mass is 310 g/mol. The third-order valence-electron chi connectivity index (χ3n) is 3.55. The molecule has 1 saturated heterocycles. The number of amides is 1. The zero-order chi connectivity index (χ0) is 15.2. The molecule has 0 saturated carbocycles. The van der Waals surface area contributed by atoms with Crippen molar-refractivity contribution < 1.29 is 4.79 Å². The molecule has 2 rings (SSSR count). The van der Waals surface area contributed by atoms with Crippen LogP contribution in [-0.4, -0.2) is 55.5 Å². The molecule has 1 aromatic rings. The minimum atomic E-state index is -0.125. The molecule has 1 unspecified atom stereocenters. The molecule has 116 valence electrons. The summed E-state index contributed by atoms with van der Waals surface area (Å²) in [5, 5.41) is 0.714. The predicted octanol–water partition coefficient (Wildman–Crippen LogP) is 1.10. The Morgan fingerprint density at radius 1 is 1.29 bits per heavy atom. The number of halogens is 1. The Labute approximate surface area is 131 Å². The van der Waals surface area contributed by atoms with Crippen LogP contribution < -0.4 is 10.9 Å². The lowest BCUT2D eigenvalue weighted by Crippen LogP contribution is -2.47. The van der Waals surface area contributed by atoms with E-state index in [1.165, 1.54) is 0 Å². The number of benzene rings is 1. The molecule has 1 heterocycles. The van der Waals surface area contributed by atoms with Gasteiger partial charge in [-0.3, -0.25) is 10.2 Å². The number of hydrogen-bond donors (Lipinski definition) is 2. The molecule has 0 aromatic heterocycles. The normalized spacial score (nSPS) is 18.2. The second-order valence-electron chi connectivity index (χ2n) is 5.60. The average Bonchev–Trinajstić information content (AvgIpc) is 2.98. The highest BCUT2D eigenvalue weighted by molar-refractivity contribution is 6.30. The van der Waals surface area contributed by atoms with Gasteiger partial charge in [-0.15, -0.1) is 0 Å². The van der Waals surface area contributed by atoms with Gasteiger partial charge in [-0.1, -0.05) is 23.7 Å². The van der Waals surface area contributed by atoms with Gasteiger partial charge in [0.1, 0.15) is 6.04 Å². The lowest BCUT2D eigenvalue weighted by Gasteiger charge is -2.27. The van der Waals surface area contributed by atoms with Gasteiger partial charge in [-0.05, 0) is 38.2 Å². The van der Waals surface area contributed by atoms with E-state index in [0.29, 0.717) is 18.1 Å². The third-order valence-corrected chi connectivity index (χ3v) is 3.80. The summed E-state index contributed by atoms with van der Waals surface area (Å²) in [5.74, 6) is 0.150. The van der Waals surface area contributed by atoms with Gasteiger partial charge >= 0.3 is 0 Å². The second kappa shape index (κ2) is 7.75. The molecule has 21 heavy (non-hydrogen) atoms. The molecule has 1 amide bonds. The van der Waals surface area contributed by atoms with Crippen molar-refractivity contribution in [2.24, 2.45) is 0 Å². The average molecular weight is 311 g/mol. The molecule has 1 fully saturated rings. The standard InChI is InChI=1S/C15H23ClN4O/c1-19(2)9-10-20(15(21)14-7-8-17-18-14)11-12-3-5-13(16)6-4-12/h3-6,14,17-18H,7-11H2,1-2H3. The largest absolute Gasteiger partial charge is 0.336 e. The first-order chi connectivity index (χ1) is 10.1. The van der Waals surface area contributed by atoms with Crippen LogP contribution in [0.3, 0.4) is 0 Å². The predicted molar refractivity (Wildman–Crippen MR) is 85.0 cm³/mol. The van der Waals surface area contributed by atoms with E-state index in [4.69, 9.17) is 11.6 Å². The van der Waals surface area contributed by atoms with Crippen molar-refractivity contribution in [2.75, 3.05) is 33.7 Å². The summed E-state index contributed by atoms with van der Waals surface area (Å²) in [6, 6.07) is 7.54. The van der Waals surface area contributed by atoms with Crippen LogP contribution in [0, 0.1) is 0 Å². The van der Waals surface area contributed by atoms with Crippen LogP contribution in [0.2, 0.25) is 5.02 Å². The molecule has 0 aliphatic carbocycles. The van der Waals surface area contributed by atoms with E-state index in [2.05, 4.69) is 15.8 Å². The fourth-order valence-electron chi connectivity index (χ4n) is 2.29. The van der Waals surface area contributed by atoms with E-state index in [0.717, 1.165) is 25.1 Å². The Morgan fingerprint density at radius 3 is 2.57 bits per heavy atom. The molecule has 1 atom stereocenters. The summed E-state index contributed by atoms with van der Waals surface area (Å²) in [5.41, 5.74) is 7.16. The molecule has 0 radical (unpaired) electrons. The Kier molecular flexibility index (Phi) is 5.99. The summed E-state index contributed by atoms with van der Waals surface area (Å²) in [4.78, 5) is 16.6. The summed E-state index contributed by atoms with van der Waals surface area (Å²) < 4.78 is 0. The van der Waals surface area contributed by atoms with Crippen LogP contribution in [0.1, 0.15) is 12.0 Å². The third kappa shape index (κ3) is 4.97. The zero-order valence-corrected chi connectivity index (χ0v) is 13.4. The highest BCUT2D eigenvalue weighted by Crippen LogP contribution is 2.13. The van der Waals surface area contributed by atoms with Gasteiger partial charge in [0.25, 0.3) is 0 Å². The quantitative estimate of drug-likeness (QED) is 0.826. The molecule has 6 heteroatoms. The van der Waals surface area contributed by atoms with E-state index in [1.807, 2.05) is 43.3 Å². The fourth-order valence-corrected chi connectivity index (χ4v) is 2.41. The number of nitrogens with one attached hydrogen (secondary N) is 2. The number of nitrogens with zero attached hydrogens (tertiary/aromatic N) is 2. The molecule has 1 aromatic carbocycles. The van der Waals surface area contributed by atoms with Gasteiger partial charge in [-0.2, -0.15) is 0 Å². The Hall–Kier alpha value is -1.14. The number of carbonyl (C=O) groups is 1. The molecule has 1 aliphatic rings. The van der Waals surface area contributed by atoms with Crippen LogP contribution >= 0.6 is 11.6 Å². The smallest absolute Gasteiger partial charge is 0.241 e. The number of rotatable bonds is 6. The summed E-state index contributed by atoms with van der Waals surface area (Å²) in [6.07, 6.45) is 0.831. The number of hydrogen-bond acceptors (Lipinski definition) is 4. The van der Waals surface area contributed by atoms with Crippen molar-refractivity contribution in [3.63, 3.8) is 0 Å². The molecular weight excluding hydrogens is 288 g/mol. The molecular formula is C15H23ClN4O. The maximum atomic E-state index is 12.6. The van der Waals surface area contributed by atoms with Gasteiger partial charge in [0.2, 0.25) is 5.91 Å². The van der Waals surface area contributed by atoms with Gasteiger partial charge in [0.05, 0.1) is 0 Å². The van der Waals surface area contributed by atoms with Gasteiger partial charge < -0.3 is 9.80 Å². The number of hydrazine groups is 1. The van der Waals surface area contributed by atoms with Gasteiger partial charge in [0.15, 0.2) is 0 Å². The first-order valence-electron chi connectivity index (χ1n) is 7.22. The van der Waals surface area contributed by atoms with E-state index in [9.17, 15) is 4.79 Å². The molecule has 1 aliphatic heterocycles. The maximum absolute atomic E-state index is 12.6. The second-order valence-corrected chi connectivity index (χ2v) is 6.04. The Bertz CT molecular complexity index is 457. The van der Waals surface area contributed by atoms with Crippen molar-refractivity contribution in [1.29, 1.82) is 0 Å². The summed E-state index contributed by atoms with van der Waals surface area (Å²) in [6.45, 7) is 3.01. The topological polar surface area (TPSA) is 47.6 Å². The van der Waals surface area contributed by atoms with Crippen molar-refractivity contribution >= 4 is 17.5 Å². The van der Waals surface area contributed by atoms with Crippen molar-refractivity contribution in [2.45, 2.75) is 19.0 Å². The minimum Gasteiger partial charge on any atom is -0.336 e. The van der Waals surface area contributed by atoms with Gasteiger partial charge in [-0.25, -0.2) is 5.43 Å². The van der Waals surface area contributed by atoms with E-state index in [1.54, 1.807) is 0 Å². The van der Waals surface area contributed by atoms with Crippen LogP contribution in [0.4, 0.5) is 0 Å². The lowest BCUT2D eigenvalue weighted by atomic mass is 10.1.